The van der Waals surface area contributed by atoms with E-state index in [9.17, 15) is 23.1 Å². The molecule has 0 saturated heterocycles. The summed E-state index contributed by atoms with van der Waals surface area (Å²) in [7, 11) is 1.39. The quantitative estimate of drug-likeness (QED) is 0.338. The lowest BCUT2D eigenvalue weighted by Crippen LogP contribution is -2.46. The van der Waals surface area contributed by atoms with Gasteiger partial charge < -0.3 is 14.9 Å². The van der Waals surface area contributed by atoms with Crippen molar-refractivity contribution >= 4 is 12.2 Å². The van der Waals surface area contributed by atoms with Crippen LogP contribution in [-0.4, -0.2) is 63.7 Å². The Hall–Kier alpha value is -2.92. The van der Waals surface area contributed by atoms with Gasteiger partial charge in [0.25, 0.3) is 0 Å². The van der Waals surface area contributed by atoms with Crippen molar-refractivity contribution < 1.29 is 32.9 Å². The van der Waals surface area contributed by atoms with E-state index in [1.807, 2.05) is 0 Å². The Balaban J connectivity index is 2.78. The molecule has 11 heteroatoms. The molecule has 0 aliphatic rings. The minimum Gasteiger partial charge on any atom is -0.455 e. The summed E-state index contributed by atoms with van der Waals surface area (Å²) in [6.07, 6.45) is -2.21. The smallest absolute Gasteiger partial charge is 0.418 e. The highest BCUT2D eigenvalue weighted by molar-refractivity contribution is 5.79. The zero-order chi connectivity index (χ0) is 22.9. The third-order valence-electron chi connectivity index (χ3n) is 3.85. The zero-order valence-electron chi connectivity index (χ0n) is 16.8. The molecule has 0 saturated carbocycles. The summed E-state index contributed by atoms with van der Waals surface area (Å²) >= 11 is 0. The van der Waals surface area contributed by atoms with Crippen LogP contribution in [0.15, 0.2) is 48.2 Å². The van der Waals surface area contributed by atoms with Gasteiger partial charge in [-0.05, 0) is 18.9 Å². The highest BCUT2D eigenvalue weighted by Gasteiger charge is 2.31. The maximum Gasteiger partial charge on any atom is 0.418 e. The van der Waals surface area contributed by atoms with Crippen LogP contribution in [-0.2, 0) is 6.18 Å². The molecular weight excluding hydrogens is 405 g/mol. The van der Waals surface area contributed by atoms with Crippen molar-refractivity contribution in [3.8, 4) is 5.75 Å². The molecule has 0 fully saturated rings. The van der Waals surface area contributed by atoms with Gasteiger partial charge in [0.05, 0.1) is 18.0 Å². The number of ether oxygens (including phenoxy) is 1. The molecule has 0 spiro atoms. The number of hydrogen-bond acceptors (Lipinski definition) is 6. The van der Waals surface area contributed by atoms with Gasteiger partial charge >= 0.3 is 12.2 Å². The van der Waals surface area contributed by atoms with Crippen LogP contribution in [0.25, 0.3) is 0 Å². The molecule has 0 aliphatic heterocycles. The highest BCUT2D eigenvalue weighted by Crippen LogP contribution is 2.30. The lowest BCUT2D eigenvalue weighted by Gasteiger charge is -2.31. The van der Waals surface area contributed by atoms with Crippen LogP contribution < -0.4 is 4.74 Å². The number of aliphatic hydroxyl groups is 2. The predicted molar refractivity (Wildman–Crippen MR) is 105 cm³/mol. The molecule has 30 heavy (non-hydrogen) atoms. The maximum absolute atomic E-state index is 12.7. The van der Waals surface area contributed by atoms with E-state index in [1.165, 1.54) is 7.05 Å². The van der Waals surface area contributed by atoms with Gasteiger partial charge in [-0.1, -0.05) is 20.1 Å². The number of rotatable bonds is 10. The molecule has 1 aromatic rings. The van der Waals surface area contributed by atoms with Crippen molar-refractivity contribution in [2.24, 2.45) is 4.99 Å². The van der Waals surface area contributed by atoms with E-state index >= 15 is 0 Å². The number of urea groups is 1. The fraction of sp³-hybridized carbons (Fsp3) is 0.421. The van der Waals surface area contributed by atoms with Gasteiger partial charge in [0, 0.05) is 26.4 Å². The fourth-order valence-electron chi connectivity index (χ4n) is 2.18. The minimum atomic E-state index is -4.57. The summed E-state index contributed by atoms with van der Waals surface area (Å²) in [5, 5.41) is 19.0. The van der Waals surface area contributed by atoms with Gasteiger partial charge in [0.1, 0.15) is 23.6 Å². The van der Waals surface area contributed by atoms with E-state index < -0.39 is 24.0 Å². The molecular formula is C19H25F3N4O4. The van der Waals surface area contributed by atoms with E-state index in [0.717, 1.165) is 28.3 Å². The van der Waals surface area contributed by atoms with Crippen LogP contribution in [0.5, 0.6) is 5.75 Å². The maximum atomic E-state index is 12.7. The summed E-state index contributed by atoms with van der Waals surface area (Å²) in [6, 6.07) is 0.176. The summed E-state index contributed by atoms with van der Waals surface area (Å²) in [5.74, 6) is -0.314. The van der Waals surface area contributed by atoms with Gasteiger partial charge in [0.15, 0.2) is 0 Å². The van der Waals surface area contributed by atoms with E-state index in [4.69, 9.17) is 9.84 Å². The molecule has 0 bridgehead atoms. The van der Waals surface area contributed by atoms with E-state index in [-0.39, 0.29) is 43.3 Å². The Morgan fingerprint density at radius 2 is 2.07 bits per heavy atom. The van der Waals surface area contributed by atoms with Crippen LogP contribution in [0, 0.1) is 0 Å². The van der Waals surface area contributed by atoms with Crippen LogP contribution in [0.4, 0.5) is 18.0 Å². The first kappa shape index (κ1) is 25.1. The molecule has 0 aliphatic carbocycles. The molecule has 8 nitrogen and oxygen atoms in total. The zero-order valence-corrected chi connectivity index (χ0v) is 16.8. The Labute approximate surface area is 172 Å². The fourth-order valence-corrected chi connectivity index (χ4v) is 2.18. The monoisotopic (exact) mass is 430 g/mol. The molecule has 1 heterocycles. The average Bonchev–Trinajstić information content (AvgIpc) is 2.70. The summed E-state index contributed by atoms with van der Waals surface area (Å²) in [5.41, 5.74) is -0.975. The number of pyridine rings is 1. The van der Waals surface area contributed by atoms with Crippen molar-refractivity contribution in [3.63, 3.8) is 0 Å². The standard InChI is InChI=1S/C19H25F3N4O4/c1-5-17(28)26(7-6-8-27)18(29)25(4)14(3)24-10-13(2)30-16-9-15(11-23-12-16)19(20,21)22/h9-12,17,27-28H,2-3,5-8H2,1,4H3. The number of aromatic nitrogens is 1. The van der Waals surface area contributed by atoms with Crippen LogP contribution in [0.1, 0.15) is 25.3 Å². The molecule has 1 atom stereocenters. The number of carbonyl (C=O) groups excluding carboxylic acids is 1. The number of alkyl halides is 3. The van der Waals surface area contributed by atoms with Gasteiger partial charge in [-0.15, -0.1) is 0 Å². The van der Waals surface area contributed by atoms with E-state index in [1.54, 1.807) is 6.92 Å². The average molecular weight is 430 g/mol. The van der Waals surface area contributed by atoms with Gasteiger partial charge in [0.2, 0.25) is 0 Å². The third kappa shape index (κ3) is 7.48. The molecule has 0 radical (unpaired) electrons. The van der Waals surface area contributed by atoms with E-state index in [2.05, 4.69) is 23.1 Å². The number of aliphatic hydroxyl groups excluding tert-OH is 2. The van der Waals surface area contributed by atoms with Crippen LogP contribution in [0.2, 0.25) is 0 Å². The lowest BCUT2D eigenvalue weighted by atomic mass is 10.3. The van der Waals surface area contributed by atoms with Crippen molar-refractivity contribution in [2.75, 3.05) is 20.2 Å². The predicted octanol–water partition coefficient (Wildman–Crippen LogP) is 3.00. The first-order valence-corrected chi connectivity index (χ1v) is 8.96. The van der Waals surface area contributed by atoms with E-state index in [0.29, 0.717) is 6.20 Å². The largest absolute Gasteiger partial charge is 0.455 e. The van der Waals surface area contributed by atoms with Crippen LogP contribution >= 0.6 is 0 Å². The summed E-state index contributed by atoms with van der Waals surface area (Å²) in [4.78, 5) is 22.2. The van der Waals surface area contributed by atoms with Crippen molar-refractivity contribution in [3.05, 3.63) is 48.8 Å². The molecule has 1 aromatic heterocycles. The third-order valence-corrected chi connectivity index (χ3v) is 3.85. The topological polar surface area (TPSA) is 98.5 Å². The number of amides is 2. The summed E-state index contributed by atoms with van der Waals surface area (Å²) < 4.78 is 43.3. The first-order valence-electron chi connectivity index (χ1n) is 8.96. The Kier molecular flexibility index (Phi) is 9.47. The van der Waals surface area contributed by atoms with Gasteiger partial charge in [-0.2, -0.15) is 13.2 Å². The molecule has 0 aromatic carbocycles. The number of allylic oxidation sites excluding steroid dienone is 1. The number of nitrogens with zero attached hydrogens (tertiary/aromatic N) is 4. The molecule has 1 rings (SSSR count). The van der Waals surface area contributed by atoms with Gasteiger partial charge in [-0.25, -0.2) is 9.79 Å². The molecule has 2 N–H and O–H groups in total. The number of carbonyl (C=O) groups is 1. The number of hydrogen-bond donors (Lipinski definition) is 2. The highest BCUT2D eigenvalue weighted by atomic mass is 19.4. The van der Waals surface area contributed by atoms with Gasteiger partial charge in [-0.3, -0.25) is 14.8 Å². The second-order valence-corrected chi connectivity index (χ2v) is 6.15. The Bertz CT molecular complexity index is 783. The number of halogens is 3. The second kappa shape index (κ2) is 11.3. The Morgan fingerprint density at radius 3 is 2.63 bits per heavy atom. The second-order valence-electron chi connectivity index (χ2n) is 6.15. The molecule has 2 amide bonds. The minimum absolute atomic E-state index is 0.0239. The molecule has 166 valence electrons. The Morgan fingerprint density at radius 1 is 1.40 bits per heavy atom. The summed E-state index contributed by atoms with van der Waals surface area (Å²) in [6.45, 7) is 8.85. The normalized spacial score (nSPS) is 12.5. The first-order chi connectivity index (χ1) is 14.0. The number of aliphatic imine (C=N–C) groups is 1. The SMILES string of the molecule is C=C(C=NC(=C)N(C)C(=O)N(CCCO)C(O)CC)Oc1cncc(C(F)(F)F)c1. The van der Waals surface area contributed by atoms with Crippen LogP contribution in [0.3, 0.4) is 0 Å². The van der Waals surface area contributed by atoms with Crippen molar-refractivity contribution in [2.45, 2.75) is 32.2 Å². The van der Waals surface area contributed by atoms with Crippen molar-refractivity contribution in [1.29, 1.82) is 0 Å². The molecule has 1 unspecified atom stereocenters. The lowest BCUT2D eigenvalue weighted by molar-refractivity contribution is -0.137. The van der Waals surface area contributed by atoms with Crippen molar-refractivity contribution in [1.82, 2.24) is 14.8 Å².